The number of allylic oxidation sites excluding steroid dienone is 1. The molecule has 0 saturated carbocycles. The lowest BCUT2D eigenvalue weighted by atomic mass is 10.2. The van der Waals surface area contributed by atoms with Gasteiger partial charge in [-0.1, -0.05) is 29.3 Å². The highest BCUT2D eigenvalue weighted by Crippen LogP contribution is 2.32. The second-order valence-corrected chi connectivity index (χ2v) is 5.74. The molecular formula is C14H12Cl2N2OS. The summed E-state index contributed by atoms with van der Waals surface area (Å²) >= 11 is 13.4. The Morgan fingerprint density at radius 1 is 1.45 bits per heavy atom. The van der Waals surface area contributed by atoms with Crippen LogP contribution in [0.1, 0.15) is 12.8 Å². The van der Waals surface area contributed by atoms with Crippen LogP contribution in [0.2, 0.25) is 10.0 Å². The number of hydrogen-bond donors (Lipinski definition) is 1. The molecule has 0 saturated heterocycles. The second-order valence-electron chi connectivity index (χ2n) is 4.04. The van der Waals surface area contributed by atoms with Gasteiger partial charge in [0.2, 0.25) is 5.91 Å². The van der Waals surface area contributed by atoms with Crippen LogP contribution in [0.4, 0.5) is 5.13 Å². The summed E-state index contributed by atoms with van der Waals surface area (Å²) < 4.78 is 0. The van der Waals surface area contributed by atoms with Crippen molar-refractivity contribution in [2.24, 2.45) is 0 Å². The molecule has 0 fully saturated rings. The summed E-state index contributed by atoms with van der Waals surface area (Å²) in [5.41, 5.74) is 1.45. The summed E-state index contributed by atoms with van der Waals surface area (Å²) in [5, 5.41) is 6.29. The summed E-state index contributed by atoms with van der Waals surface area (Å²) in [7, 11) is 0. The molecule has 0 spiro atoms. The average Bonchev–Trinajstić information content (AvgIpc) is 2.87. The van der Waals surface area contributed by atoms with Crippen LogP contribution in [0.5, 0.6) is 0 Å². The normalized spacial score (nSPS) is 10.3. The molecule has 0 aliphatic rings. The quantitative estimate of drug-likeness (QED) is 0.783. The van der Waals surface area contributed by atoms with Crippen LogP contribution in [0.15, 0.2) is 36.2 Å². The van der Waals surface area contributed by atoms with Gasteiger partial charge in [-0.05, 0) is 24.6 Å². The van der Waals surface area contributed by atoms with E-state index < -0.39 is 0 Å². The van der Waals surface area contributed by atoms with E-state index in [9.17, 15) is 4.79 Å². The molecule has 0 aliphatic heterocycles. The fourth-order valence-electron chi connectivity index (χ4n) is 1.56. The topological polar surface area (TPSA) is 42.0 Å². The van der Waals surface area contributed by atoms with Gasteiger partial charge in [0.1, 0.15) is 0 Å². The van der Waals surface area contributed by atoms with Crippen molar-refractivity contribution < 1.29 is 4.79 Å². The van der Waals surface area contributed by atoms with Crippen LogP contribution in [-0.2, 0) is 4.79 Å². The number of rotatable bonds is 5. The van der Waals surface area contributed by atoms with Gasteiger partial charge in [0, 0.05) is 22.4 Å². The van der Waals surface area contributed by atoms with E-state index in [1.54, 1.807) is 24.3 Å². The van der Waals surface area contributed by atoms with E-state index in [-0.39, 0.29) is 5.91 Å². The molecular weight excluding hydrogens is 315 g/mol. The summed E-state index contributed by atoms with van der Waals surface area (Å²) in [6.07, 6.45) is 2.75. The molecule has 0 unspecified atom stereocenters. The SMILES string of the molecule is C=CCCC(=O)Nc1nc(-c2cc(Cl)ccc2Cl)cs1. The Bertz CT molecular complexity index is 640. The Labute approximate surface area is 131 Å². The van der Waals surface area contributed by atoms with E-state index in [1.165, 1.54) is 11.3 Å². The maximum Gasteiger partial charge on any atom is 0.226 e. The number of nitrogens with zero attached hydrogens (tertiary/aromatic N) is 1. The smallest absolute Gasteiger partial charge is 0.226 e. The van der Waals surface area contributed by atoms with Crippen molar-refractivity contribution >= 4 is 45.6 Å². The molecule has 1 amide bonds. The van der Waals surface area contributed by atoms with E-state index in [0.29, 0.717) is 33.7 Å². The van der Waals surface area contributed by atoms with Gasteiger partial charge < -0.3 is 5.32 Å². The Morgan fingerprint density at radius 3 is 3.00 bits per heavy atom. The zero-order valence-electron chi connectivity index (χ0n) is 10.5. The Morgan fingerprint density at radius 2 is 2.25 bits per heavy atom. The fourth-order valence-corrected chi connectivity index (χ4v) is 2.68. The first kappa shape index (κ1) is 15.0. The first-order chi connectivity index (χ1) is 9.60. The third kappa shape index (κ3) is 3.82. The third-order valence-corrected chi connectivity index (χ3v) is 3.85. The molecule has 0 radical (unpaired) electrons. The molecule has 104 valence electrons. The fraction of sp³-hybridized carbons (Fsp3) is 0.143. The van der Waals surface area contributed by atoms with Gasteiger partial charge in [0.15, 0.2) is 5.13 Å². The van der Waals surface area contributed by atoms with Crippen molar-refractivity contribution in [3.8, 4) is 11.3 Å². The Hall–Kier alpha value is -1.36. The highest BCUT2D eigenvalue weighted by molar-refractivity contribution is 7.14. The van der Waals surface area contributed by atoms with Crippen molar-refractivity contribution in [3.63, 3.8) is 0 Å². The van der Waals surface area contributed by atoms with E-state index in [0.717, 1.165) is 5.56 Å². The lowest BCUT2D eigenvalue weighted by molar-refractivity contribution is -0.116. The summed E-state index contributed by atoms with van der Waals surface area (Å²) in [5.74, 6) is -0.0806. The molecule has 20 heavy (non-hydrogen) atoms. The minimum absolute atomic E-state index is 0.0806. The number of carbonyl (C=O) groups excluding carboxylic acids is 1. The predicted molar refractivity (Wildman–Crippen MR) is 85.6 cm³/mol. The van der Waals surface area contributed by atoms with Crippen LogP contribution in [0.3, 0.4) is 0 Å². The van der Waals surface area contributed by atoms with E-state index >= 15 is 0 Å². The van der Waals surface area contributed by atoms with Gasteiger partial charge in [-0.3, -0.25) is 4.79 Å². The van der Waals surface area contributed by atoms with Crippen LogP contribution in [0, 0.1) is 0 Å². The number of anilines is 1. The molecule has 3 nitrogen and oxygen atoms in total. The second kappa shape index (κ2) is 6.88. The van der Waals surface area contributed by atoms with Gasteiger partial charge in [-0.25, -0.2) is 4.98 Å². The average molecular weight is 327 g/mol. The first-order valence-electron chi connectivity index (χ1n) is 5.92. The number of benzene rings is 1. The van der Waals surface area contributed by atoms with E-state index in [4.69, 9.17) is 23.2 Å². The highest BCUT2D eigenvalue weighted by Gasteiger charge is 2.10. The van der Waals surface area contributed by atoms with E-state index in [1.807, 2.05) is 5.38 Å². The summed E-state index contributed by atoms with van der Waals surface area (Å²) in [6.45, 7) is 3.58. The zero-order chi connectivity index (χ0) is 14.5. The van der Waals surface area contributed by atoms with Crippen molar-refractivity contribution in [2.75, 3.05) is 5.32 Å². The van der Waals surface area contributed by atoms with Crippen LogP contribution in [0.25, 0.3) is 11.3 Å². The van der Waals surface area contributed by atoms with Crippen molar-refractivity contribution in [1.29, 1.82) is 0 Å². The molecule has 6 heteroatoms. The lowest BCUT2D eigenvalue weighted by Gasteiger charge is -2.01. The highest BCUT2D eigenvalue weighted by atomic mass is 35.5. The van der Waals surface area contributed by atoms with Crippen LogP contribution < -0.4 is 5.32 Å². The van der Waals surface area contributed by atoms with Crippen molar-refractivity contribution in [3.05, 3.63) is 46.3 Å². The van der Waals surface area contributed by atoms with Crippen molar-refractivity contribution in [1.82, 2.24) is 4.98 Å². The molecule has 0 bridgehead atoms. The predicted octanol–water partition coefficient (Wildman–Crippen LogP) is 5.02. The minimum Gasteiger partial charge on any atom is -0.302 e. The number of hydrogen-bond acceptors (Lipinski definition) is 3. The minimum atomic E-state index is -0.0806. The van der Waals surface area contributed by atoms with Crippen molar-refractivity contribution in [2.45, 2.75) is 12.8 Å². The van der Waals surface area contributed by atoms with Crippen LogP contribution in [-0.4, -0.2) is 10.9 Å². The van der Waals surface area contributed by atoms with Crippen LogP contribution >= 0.6 is 34.5 Å². The molecule has 2 rings (SSSR count). The third-order valence-electron chi connectivity index (χ3n) is 2.53. The molecule has 2 aromatic rings. The number of halogens is 2. The number of amides is 1. The van der Waals surface area contributed by atoms with E-state index in [2.05, 4.69) is 16.9 Å². The van der Waals surface area contributed by atoms with Gasteiger partial charge >= 0.3 is 0 Å². The molecule has 0 aliphatic carbocycles. The molecule has 0 atom stereocenters. The Kier molecular flexibility index (Phi) is 5.17. The Balaban J connectivity index is 2.14. The largest absolute Gasteiger partial charge is 0.302 e. The molecule has 1 N–H and O–H groups in total. The molecule has 1 aromatic carbocycles. The number of carbonyl (C=O) groups is 1. The zero-order valence-corrected chi connectivity index (χ0v) is 12.9. The summed E-state index contributed by atoms with van der Waals surface area (Å²) in [4.78, 5) is 15.9. The standard InChI is InChI=1S/C14H12Cl2N2OS/c1-2-3-4-13(19)18-14-17-12(8-20-14)10-7-9(15)5-6-11(10)16/h2,5-8H,1,3-4H2,(H,17,18,19). The van der Waals surface area contributed by atoms with Gasteiger partial charge in [-0.15, -0.1) is 17.9 Å². The lowest BCUT2D eigenvalue weighted by Crippen LogP contribution is -2.10. The van der Waals surface area contributed by atoms with Gasteiger partial charge in [0.25, 0.3) is 0 Å². The number of aromatic nitrogens is 1. The van der Waals surface area contributed by atoms with Gasteiger partial charge in [-0.2, -0.15) is 0 Å². The number of thiazole rings is 1. The van der Waals surface area contributed by atoms with Gasteiger partial charge in [0.05, 0.1) is 10.7 Å². The molecule has 1 aromatic heterocycles. The summed E-state index contributed by atoms with van der Waals surface area (Å²) in [6, 6.07) is 5.20. The maximum absolute atomic E-state index is 11.6. The number of nitrogens with one attached hydrogen (secondary N) is 1. The first-order valence-corrected chi connectivity index (χ1v) is 7.55. The molecule has 1 heterocycles. The monoisotopic (exact) mass is 326 g/mol. The maximum atomic E-state index is 11.6.